The zero-order chi connectivity index (χ0) is 14.7. The average molecular weight is 281 g/mol. The average Bonchev–Trinajstić information content (AvgIpc) is 2.86. The molecule has 21 heavy (non-hydrogen) atoms. The fourth-order valence-corrected chi connectivity index (χ4v) is 2.64. The lowest BCUT2D eigenvalue weighted by Gasteiger charge is -2.06. The van der Waals surface area contributed by atoms with Gasteiger partial charge in [0.15, 0.2) is 0 Å². The van der Waals surface area contributed by atoms with E-state index in [4.69, 9.17) is 10.5 Å². The topological polar surface area (TPSA) is 53.1 Å². The predicted molar refractivity (Wildman–Crippen MR) is 84.6 cm³/mol. The van der Waals surface area contributed by atoms with Crippen LogP contribution < -0.4 is 10.5 Å². The van der Waals surface area contributed by atoms with Crippen molar-refractivity contribution < 1.29 is 4.74 Å². The number of aromatic nitrogens is 2. The molecule has 4 heteroatoms. The lowest BCUT2D eigenvalue weighted by Crippen LogP contribution is -2.03. The number of nitrogens with two attached hydrogens (primary N) is 1. The summed E-state index contributed by atoms with van der Waals surface area (Å²) in [5.74, 6) is 0.645. The number of rotatable bonds is 5. The van der Waals surface area contributed by atoms with Gasteiger partial charge >= 0.3 is 0 Å². The van der Waals surface area contributed by atoms with Crippen LogP contribution in [0.15, 0.2) is 48.7 Å². The Hall–Kier alpha value is -2.33. The molecular formula is C17H19N3O. The summed E-state index contributed by atoms with van der Waals surface area (Å²) in [5, 5.41) is 1.27. The van der Waals surface area contributed by atoms with E-state index in [2.05, 4.69) is 40.0 Å². The molecule has 0 saturated heterocycles. The first-order chi connectivity index (χ1) is 10.3. The molecule has 0 aliphatic rings. The van der Waals surface area contributed by atoms with Gasteiger partial charge in [-0.3, -0.25) is 0 Å². The molecule has 0 spiro atoms. The van der Waals surface area contributed by atoms with E-state index in [1.807, 2.05) is 18.2 Å². The van der Waals surface area contributed by atoms with Gasteiger partial charge in [0.05, 0.1) is 19.3 Å². The molecule has 3 rings (SSSR count). The second-order valence-corrected chi connectivity index (χ2v) is 5.01. The standard InChI is InChI=1S/C17H19N3O/c1-21-17-8-4-5-14(19-17)12-20-11-13(9-10-18)15-6-2-3-7-16(15)20/h2-8,11H,9-10,12,18H2,1H3. The van der Waals surface area contributed by atoms with Gasteiger partial charge in [0.25, 0.3) is 0 Å². The summed E-state index contributed by atoms with van der Waals surface area (Å²) >= 11 is 0. The van der Waals surface area contributed by atoms with Gasteiger partial charge in [0.2, 0.25) is 5.88 Å². The molecule has 0 atom stereocenters. The first-order valence-electron chi connectivity index (χ1n) is 7.08. The number of para-hydroxylation sites is 1. The van der Waals surface area contributed by atoms with Crippen LogP contribution in [0.4, 0.5) is 0 Å². The minimum Gasteiger partial charge on any atom is -0.481 e. The SMILES string of the molecule is COc1cccc(Cn2cc(CCN)c3ccccc32)n1. The molecule has 2 aromatic heterocycles. The molecule has 1 aromatic carbocycles. The number of fused-ring (bicyclic) bond motifs is 1. The van der Waals surface area contributed by atoms with Gasteiger partial charge in [-0.25, -0.2) is 4.98 Å². The number of nitrogens with zero attached hydrogens (tertiary/aromatic N) is 2. The molecular weight excluding hydrogens is 262 g/mol. The van der Waals surface area contributed by atoms with Crippen molar-refractivity contribution in [1.29, 1.82) is 0 Å². The normalized spacial score (nSPS) is 11.0. The summed E-state index contributed by atoms with van der Waals surface area (Å²) in [7, 11) is 1.64. The molecule has 2 heterocycles. The smallest absolute Gasteiger partial charge is 0.213 e. The van der Waals surface area contributed by atoms with E-state index in [9.17, 15) is 0 Å². The van der Waals surface area contributed by atoms with E-state index in [1.54, 1.807) is 7.11 Å². The van der Waals surface area contributed by atoms with Crippen molar-refractivity contribution in [1.82, 2.24) is 9.55 Å². The number of ether oxygens (including phenoxy) is 1. The van der Waals surface area contributed by atoms with E-state index < -0.39 is 0 Å². The van der Waals surface area contributed by atoms with Crippen LogP contribution >= 0.6 is 0 Å². The van der Waals surface area contributed by atoms with Crippen molar-refractivity contribution in [3.63, 3.8) is 0 Å². The van der Waals surface area contributed by atoms with Gasteiger partial charge in [-0.15, -0.1) is 0 Å². The minimum atomic E-state index is 0.645. The van der Waals surface area contributed by atoms with Crippen molar-refractivity contribution >= 4 is 10.9 Å². The van der Waals surface area contributed by atoms with E-state index in [-0.39, 0.29) is 0 Å². The molecule has 4 nitrogen and oxygen atoms in total. The third kappa shape index (κ3) is 2.76. The minimum absolute atomic E-state index is 0.645. The fraction of sp³-hybridized carbons (Fsp3) is 0.235. The molecule has 0 bridgehead atoms. The highest BCUT2D eigenvalue weighted by Crippen LogP contribution is 2.22. The summed E-state index contributed by atoms with van der Waals surface area (Å²) in [6.07, 6.45) is 3.07. The third-order valence-corrected chi connectivity index (χ3v) is 3.61. The van der Waals surface area contributed by atoms with E-state index >= 15 is 0 Å². The summed E-state index contributed by atoms with van der Waals surface area (Å²) in [6.45, 7) is 1.38. The van der Waals surface area contributed by atoms with Crippen LogP contribution in [0.2, 0.25) is 0 Å². The Labute approximate surface area is 124 Å². The maximum Gasteiger partial charge on any atom is 0.213 e. The van der Waals surface area contributed by atoms with Crippen molar-refractivity contribution in [2.45, 2.75) is 13.0 Å². The monoisotopic (exact) mass is 281 g/mol. The first kappa shape index (κ1) is 13.6. The number of hydrogen-bond donors (Lipinski definition) is 1. The van der Waals surface area contributed by atoms with Gasteiger partial charge in [0, 0.05) is 23.2 Å². The number of methoxy groups -OCH3 is 1. The second-order valence-electron chi connectivity index (χ2n) is 5.01. The third-order valence-electron chi connectivity index (χ3n) is 3.61. The number of hydrogen-bond acceptors (Lipinski definition) is 3. The van der Waals surface area contributed by atoms with Crippen molar-refractivity contribution in [2.75, 3.05) is 13.7 Å². The van der Waals surface area contributed by atoms with Gasteiger partial charge in [-0.05, 0) is 30.7 Å². The highest BCUT2D eigenvalue weighted by Gasteiger charge is 2.08. The number of pyridine rings is 1. The van der Waals surface area contributed by atoms with Crippen molar-refractivity contribution in [3.05, 3.63) is 59.9 Å². The quantitative estimate of drug-likeness (QED) is 0.782. The molecule has 0 aliphatic heterocycles. The van der Waals surface area contributed by atoms with Crippen LogP contribution in [0.3, 0.4) is 0 Å². The molecule has 2 N–H and O–H groups in total. The lowest BCUT2D eigenvalue weighted by atomic mass is 10.1. The van der Waals surface area contributed by atoms with Crippen LogP contribution in [0, 0.1) is 0 Å². The van der Waals surface area contributed by atoms with Crippen molar-refractivity contribution in [2.24, 2.45) is 5.73 Å². The molecule has 0 aliphatic carbocycles. The summed E-state index contributed by atoms with van der Waals surface area (Å²) in [4.78, 5) is 4.48. The Bertz CT molecular complexity index is 749. The highest BCUT2D eigenvalue weighted by molar-refractivity contribution is 5.84. The molecule has 0 fully saturated rings. The Morgan fingerprint density at radius 3 is 2.81 bits per heavy atom. The maximum atomic E-state index is 5.71. The van der Waals surface area contributed by atoms with Crippen LogP contribution in [0.1, 0.15) is 11.3 Å². The van der Waals surface area contributed by atoms with Gasteiger partial charge in [-0.2, -0.15) is 0 Å². The molecule has 0 radical (unpaired) electrons. The number of benzene rings is 1. The second kappa shape index (κ2) is 5.97. The van der Waals surface area contributed by atoms with E-state index in [1.165, 1.54) is 16.5 Å². The van der Waals surface area contributed by atoms with Gasteiger partial charge < -0.3 is 15.0 Å². The Morgan fingerprint density at radius 1 is 1.14 bits per heavy atom. The lowest BCUT2D eigenvalue weighted by molar-refractivity contribution is 0.396. The predicted octanol–water partition coefficient (Wildman–Crippen LogP) is 2.59. The van der Waals surface area contributed by atoms with Crippen LogP contribution in [0.25, 0.3) is 10.9 Å². The first-order valence-corrected chi connectivity index (χ1v) is 7.08. The fourth-order valence-electron chi connectivity index (χ4n) is 2.64. The zero-order valence-electron chi connectivity index (χ0n) is 12.1. The van der Waals surface area contributed by atoms with Crippen molar-refractivity contribution in [3.8, 4) is 5.88 Å². The summed E-state index contributed by atoms with van der Waals surface area (Å²) in [5.41, 5.74) is 9.20. The summed E-state index contributed by atoms with van der Waals surface area (Å²) < 4.78 is 7.41. The van der Waals surface area contributed by atoms with E-state index in [0.29, 0.717) is 12.4 Å². The van der Waals surface area contributed by atoms with Crippen LogP contribution in [-0.2, 0) is 13.0 Å². The molecule has 108 valence electrons. The van der Waals surface area contributed by atoms with E-state index in [0.717, 1.165) is 18.7 Å². The van der Waals surface area contributed by atoms with Crippen LogP contribution in [0.5, 0.6) is 5.88 Å². The highest BCUT2D eigenvalue weighted by atomic mass is 16.5. The van der Waals surface area contributed by atoms with Gasteiger partial charge in [0.1, 0.15) is 0 Å². The maximum absolute atomic E-state index is 5.71. The zero-order valence-corrected chi connectivity index (χ0v) is 12.1. The molecule has 0 amide bonds. The Balaban J connectivity index is 1.99. The molecule has 0 unspecified atom stereocenters. The Kier molecular flexibility index (Phi) is 3.88. The molecule has 3 aromatic rings. The van der Waals surface area contributed by atoms with Gasteiger partial charge in [-0.1, -0.05) is 24.3 Å². The molecule has 0 saturated carbocycles. The Morgan fingerprint density at radius 2 is 2.00 bits per heavy atom. The van der Waals surface area contributed by atoms with Crippen LogP contribution in [-0.4, -0.2) is 23.2 Å². The summed E-state index contributed by atoms with van der Waals surface area (Å²) in [6, 6.07) is 14.2. The largest absolute Gasteiger partial charge is 0.481 e.